The number of rotatable bonds is 10. The van der Waals surface area contributed by atoms with E-state index in [-0.39, 0.29) is 0 Å². The van der Waals surface area contributed by atoms with Crippen LogP contribution in [0.2, 0.25) is 0 Å². The molecule has 1 aromatic carbocycles. The Bertz CT molecular complexity index is 622. The molecule has 0 amide bonds. The Kier molecular flexibility index (Phi) is 7.74. The topological polar surface area (TPSA) is 17.1 Å². The third-order valence-corrected chi connectivity index (χ3v) is 5.21. The van der Waals surface area contributed by atoms with Crippen LogP contribution in [0, 0.1) is 11.8 Å². The lowest BCUT2D eigenvalue weighted by Crippen LogP contribution is -2.14. The minimum absolute atomic E-state index is 0.323. The molecule has 0 bridgehead atoms. The summed E-state index contributed by atoms with van der Waals surface area (Å²) in [7, 11) is 0.880. The molecular weight excluding hydrogens is 303 g/mol. The first-order chi connectivity index (χ1) is 12.0. The highest BCUT2D eigenvalue weighted by atomic mass is 16.1. The molecule has 0 N–H and O–H groups in total. The van der Waals surface area contributed by atoms with Crippen LogP contribution in [0.5, 0.6) is 0 Å². The van der Waals surface area contributed by atoms with Crippen LogP contribution < -0.4 is 0 Å². The second kappa shape index (κ2) is 9.80. The molecule has 0 aliphatic carbocycles. The highest BCUT2D eigenvalue weighted by molar-refractivity contribution is 6.62. The van der Waals surface area contributed by atoms with E-state index in [0.717, 1.165) is 25.6 Å². The molecular formula is C23H33BO. The lowest BCUT2D eigenvalue weighted by molar-refractivity contribution is -0.114. The van der Waals surface area contributed by atoms with E-state index in [1.807, 2.05) is 0 Å². The zero-order chi connectivity index (χ0) is 18.2. The SMILES string of the molecule is CCC[C@@H](CC)C1=CC=C(C(=O)CCc2ccc(CC(C)C)cc2)B1. The van der Waals surface area contributed by atoms with E-state index in [9.17, 15) is 4.79 Å². The van der Waals surface area contributed by atoms with Gasteiger partial charge >= 0.3 is 0 Å². The van der Waals surface area contributed by atoms with Crippen molar-refractivity contribution < 1.29 is 4.79 Å². The summed E-state index contributed by atoms with van der Waals surface area (Å²) in [5.41, 5.74) is 5.13. The van der Waals surface area contributed by atoms with E-state index in [4.69, 9.17) is 0 Å². The predicted molar refractivity (Wildman–Crippen MR) is 110 cm³/mol. The number of hydrogen-bond donors (Lipinski definition) is 0. The molecule has 0 aromatic heterocycles. The fourth-order valence-corrected chi connectivity index (χ4v) is 3.75. The van der Waals surface area contributed by atoms with Crippen molar-refractivity contribution in [3.63, 3.8) is 0 Å². The number of ketones is 1. The van der Waals surface area contributed by atoms with Crippen molar-refractivity contribution in [2.75, 3.05) is 0 Å². The maximum atomic E-state index is 12.5. The number of carbonyl (C=O) groups excluding carboxylic acids is 1. The molecule has 2 heteroatoms. The molecule has 1 heterocycles. The van der Waals surface area contributed by atoms with E-state index in [2.05, 4.69) is 64.1 Å². The number of Topliss-reactive ketones (excluding diaryl/α,β-unsaturated/α-hetero) is 1. The minimum atomic E-state index is 0.323. The van der Waals surface area contributed by atoms with Gasteiger partial charge in [-0.1, -0.05) is 82.4 Å². The van der Waals surface area contributed by atoms with Gasteiger partial charge in [0.05, 0.1) is 0 Å². The fourth-order valence-electron chi connectivity index (χ4n) is 3.75. The van der Waals surface area contributed by atoms with E-state index in [0.29, 0.717) is 24.0 Å². The van der Waals surface area contributed by atoms with Crippen molar-refractivity contribution in [3.05, 3.63) is 58.5 Å². The molecule has 1 aromatic rings. The Labute approximate surface area is 154 Å². The zero-order valence-electron chi connectivity index (χ0n) is 16.5. The first kappa shape index (κ1) is 19.8. The number of carbonyl (C=O) groups is 1. The van der Waals surface area contributed by atoms with Crippen molar-refractivity contribution in [2.24, 2.45) is 11.8 Å². The van der Waals surface area contributed by atoms with Gasteiger partial charge in [-0.3, -0.25) is 4.79 Å². The molecule has 134 valence electrons. The summed E-state index contributed by atoms with van der Waals surface area (Å²) in [6.07, 6.45) is 10.5. The molecule has 1 nitrogen and oxygen atoms in total. The molecule has 25 heavy (non-hydrogen) atoms. The van der Waals surface area contributed by atoms with Crippen molar-refractivity contribution in [1.29, 1.82) is 0 Å². The molecule has 1 aliphatic heterocycles. The van der Waals surface area contributed by atoms with Crippen LogP contribution in [0.3, 0.4) is 0 Å². The molecule has 0 radical (unpaired) electrons. The lowest BCUT2D eigenvalue weighted by Gasteiger charge is -2.15. The van der Waals surface area contributed by atoms with Crippen LogP contribution in [0.4, 0.5) is 0 Å². The first-order valence-electron chi connectivity index (χ1n) is 10.0. The smallest absolute Gasteiger partial charge is 0.192 e. The van der Waals surface area contributed by atoms with E-state index in [1.54, 1.807) is 0 Å². The van der Waals surface area contributed by atoms with Crippen molar-refractivity contribution in [2.45, 2.75) is 66.2 Å². The Balaban J connectivity index is 1.81. The first-order valence-corrected chi connectivity index (χ1v) is 10.0. The normalized spacial score (nSPS) is 14.9. The Hall–Kier alpha value is -1.57. The summed E-state index contributed by atoms with van der Waals surface area (Å²) >= 11 is 0. The molecule has 1 aliphatic rings. The maximum absolute atomic E-state index is 12.5. The standard InChI is InChI=1S/C23H33BO/c1-5-7-20(6-2)21-13-14-22(24-21)23(25)15-12-18-8-10-19(11-9-18)16-17(3)4/h8-11,13-14,17,20,24H,5-7,12,15-16H2,1-4H3/t20-/m1/s1. The average Bonchev–Trinajstić information content (AvgIpc) is 3.08. The van der Waals surface area contributed by atoms with Gasteiger partial charge in [0.25, 0.3) is 0 Å². The van der Waals surface area contributed by atoms with E-state index in [1.165, 1.54) is 35.9 Å². The predicted octanol–water partition coefficient (Wildman–Crippen LogP) is 5.43. The van der Waals surface area contributed by atoms with Gasteiger partial charge in [-0.2, -0.15) is 0 Å². The number of allylic oxidation sites excluding steroid dienone is 4. The third kappa shape index (κ3) is 6.02. The molecule has 2 rings (SSSR count). The number of hydrogen-bond acceptors (Lipinski definition) is 1. The summed E-state index contributed by atoms with van der Waals surface area (Å²) in [5.74, 6) is 1.66. The van der Waals surface area contributed by atoms with Crippen LogP contribution in [0.25, 0.3) is 0 Å². The van der Waals surface area contributed by atoms with Gasteiger partial charge in [-0.25, -0.2) is 0 Å². The molecule has 0 fully saturated rings. The Morgan fingerprint density at radius 1 is 1.04 bits per heavy atom. The van der Waals surface area contributed by atoms with E-state index >= 15 is 0 Å². The van der Waals surface area contributed by atoms with Gasteiger partial charge in [0, 0.05) is 6.42 Å². The Morgan fingerprint density at radius 3 is 2.32 bits per heavy atom. The van der Waals surface area contributed by atoms with E-state index < -0.39 is 0 Å². The monoisotopic (exact) mass is 336 g/mol. The minimum Gasteiger partial charge on any atom is -0.295 e. The highest BCUT2D eigenvalue weighted by Crippen LogP contribution is 2.26. The second-order valence-corrected chi connectivity index (χ2v) is 7.84. The van der Waals surface area contributed by atoms with Crippen LogP contribution >= 0.6 is 0 Å². The molecule has 0 unspecified atom stereocenters. The maximum Gasteiger partial charge on any atom is 0.192 e. The number of benzene rings is 1. The van der Waals surface area contributed by atoms with Gasteiger partial charge in [0.2, 0.25) is 0 Å². The van der Waals surface area contributed by atoms with Gasteiger partial charge < -0.3 is 0 Å². The molecule has 1 atom stereocenters. The van der Waals surface area contributed by atoms with Crippen LogP contribution in [0.15, 0.2) is 47.4 Å². The van der Waals surface area contributed by atoms with Crippen LogP contribution in [-0.4, -0.2) is 13.1 Å². The van der Waals surface area contributed by atoms with Gasteiger partial charge in [-0.05, 0) is 47.7 Å². The van der Waals surface area contributed by atoms with Crippen LogP contribution in [-0.2, 0) is 17.6 Å². The summed E-state index contributed by atoms with van der Waals surface area (Å²) in [5, 5.41) is 0. The van der Waals surface area contributed by atoms with Gasteiger partial charge in [-0.15, -0.1) is 0 Å². The summed E-state index contributed by atoms with van der Waals surface area (Å²) < 4.78 is 0. The molecule has 0 spiro atoms. The quantitative estimate of drug-likeness (QED) is 0.521. The molecule has 0 saturated heterocycles. The number of aryl methyl sites for hydroxylation is 1. The van der Waals surface area contributed by atoms with Crippen molar-refractivity contribution in [1.82, 2.24) is 0 Å². The van der Waals surface area contributed by atoms with Gasteiger partial charge in [0.15, 0.2) is 13.1 Å². The second-order valence-electron chi connectivity index (χ2n) is 7.84. The summed E-state index contributed by atoms with van der Waals surface area (Å²) in [6.45, 7) is 8.98. The summed E-state index contributed by atoms with van der Waals surface area (Å²) in [4.78, 5) is 12.5. The zero-order valence-corrected chi connectivity index (χ0v) is 16.5. The third-order valence-electron chi connectivity index (χ3n) is 5.21. The average molecular weight is 336 g/mol. The fraction of sp³-hybridized carbons (Fsp3) is 0.522. The van der Waals surface area contributed by atoms with Crippen molar-refractivity contribution in [3.8, 4) is 0 Å². The Morgan fingerprint density at radius 2 is 1.72 bits per heavy atom. The highest BCUT2D eigenvalue weighted by Gasteiger charge is 2.21. The van der Waals surface area contributed by atoms with Crippen molar-refractivity contribution >= 4 is 13.1 Å². The lowest BCUT2D eigenvalue weighted by atomic mass is 9.59. The molecule has 0 saturated carbocycles. The largest absolute Gasteiger partial charge is 0.295 e. The summed E-state index contributed by atoms with van der Waals surface area (Å²) in [6, 6.07) is 8.80. The van der Waals surface area contributed by atoms with Gasteiger partial charge in [0.1, 0.15) is 0 Å². The van der Waals surface area contributed by atoms with Crippen LogP contribution in [0.1, 0.15) is 64.5 Å².